The molecule has 0 rings (SSSR count). The molecule has 0 aromatic carbocycles. The zero-order valence-electron chi connectivity index (χ0n) is 3.31. The summed E-state index contributed by atoms with van der Waals surface area (Å²) in [5, 5.41) is 0. The van der Waals surface area contributed by atoms with Gasteiger partial charge in [-0.05, 0) is 0 Å². The van der Waals surface area contributed by atoms with Crippen molar-refractivity contribution in [3.05, 3.63) is 0 Å². The molecule has 0 spiro atoms. The molecule has 0 N–H and O–H groups in total. The number of hydrogen-bond acceptors (Lipinski definition) is 0. The topological polar surface area (TPSA) is 0 Å². The summed E-state index contributed by atoms with van der Waals surface area (Å²) in [5.74, 6) is 0. The third kappa shape index (κ3) is 5.55. The van der Waals surface area contributed by atoms with E-state index < -0.39 is 0 Å². The van der Waals surface area contributed by atoms with Crippen molar-refractivity contribution in [1.29, 1.82) is 0 Å². The summed E-state index contributed by atoms with van der Waals surface area (Å²) in [6, 6.07) is 0. The van der Waals surface area contributed by atoms with E-state index in [1.807, 2.05) is 0 Å². The molecule has 0 aliphatic rings. The Morgan fingerprint density at radius 1 is 1.00 bits per heavy atom. The first-order valence-corrected chi connectivity index (χ1v) is 10.8. The molecule has 6 radical (unpaired) electrons. The van der Waals surface area contributed by atoms with Crippen LogP contribution >= 0.6 is 0 Å². The number of hydrogen-bond donors (Lipinski definition) is 0. The van der Waals surface area contributed by atoms with Gasteiger partial charge in [-0.2, -0.15) is 0 Å². The van der Waals surface area contributed by atoms with E-state index in [0.29, 0.717) is 26.3 Å². The van der Waals surface area contributed by atoms with Gasteiger partial charge in [-0.1, -0.05) is 0 Å². The van der Waals surface area contributed by atoms with Gasteiger partial charge >= 0.3 is 56.4 Å². The quantitative estimate of drug-likeness (QED) is 0.559. The Bertz CT molecular complexity index is 38.8. The molecule has 0 aromatic heterocycles. The standard InChI is InChI=1S/C2H4As2Si2/c5-1-3-4-2-6/h1-2H2. The molecular formula is C2H4As2Si2. The summed E-state index contributed by atoms with van der Waals surface area (Å²) < 4.78 is 0. The average Bonchev–Trinajstić information content (AvgIpc) is 1.61. The summed E-state index contributed by atoms with van der Waals surface area (Å²) in [5.41, 5.74) is 0. The fourth-order valence-electron chi connectivity index (χ4n) is 0.1000. The van der Waals surface area contributed by atoms with Crippen molar-refractivity contribution in [2.24, 2.45) is 0 Å². The van der Waals surface area contributed by atoms with Crippen LogP contribution in [0.2, 0.25) is 9.66 Å². The molecular weight excluding hydrogens is 230 g/mol. The molecule has 30 valence electrons. The second kappa shape index (κ2) is 6.55. The normalized spacial score (nSPS) is 10.3. The van der Waals surface area contributed by atoms with Crippen LogP contribution in [0.15, 0.2) is 0 Å². The number of rotatable bonds is 2. The van der Waals surface area contributed by atoms with E-state index in [9.17, 15) is 0 Å². The molecule has 0 aliphatic heterocycles. The average molecular weight is 234 g/mol. The van der Waals surface area contributed by atoms with Crippen LogP contribution in [0.1, 0.15) is 0 Å². The minimum atomic E-state index is 0.703. The van der Waals surface area contributed by atoms with E-state index in [1.165, 1.54) is 9.66 Å². The first-order valence-electron chi connectivity index (χ1n) is 1.54. The van der Waals surface area contributed by atoms with Gasteiger partial charge in [-0.25, -0.2) is 0 Å². The molecule has 0 atom stereocenters. The molecule has 0 saturated heterocycles. The van der Waals surface area contributed by atoms with Gasteiger partial charge in [0, 0.05) is 0 Å². The summed E-state index contributed by atoms with van der Waals surface area (Å²) >= 11 is 1.41. The first-order chi connectivity index (χ1) is 2.91. The predicted molar refractivity (Wildman–Crippen MR) is 32.6 cm³/mol. The van der Waals surface area contributed by atoms with E-state index in [-0.39, 0.29) is 0 Å². The van der Waals surface area contributed by atoms with Crippen LogP contribution in [0.5, 0.6) is 0 Å². The maximum atomic E-state index is 3.44. The molecule has 0 amide bonds. The Morgan fingerprint density at radius 3 is 1.50 bits per heavy atom. The Hall–Kier alpha value is 1.55. The van der Waals surface area contributed by atoms with Gasteiger partial charge in [-0.15, -0.1) is 0 Å². The van der Waals surface area contributed by atoms with Crippen molar-refractivity contribution >= 4 is 46.8 Å². The zero-order valence-corrected chi connectivity index (χ0v) is 9.06. The van der Waals surface area contributed by atoms with Gasteiger partial charge < -0.3 is 0 Å². The summed E-state index contributed by atoms with van der Waals surface area (Å²) in [7, 11) is 6.87. The van der Waals surface area contributed by atoms with Crippen LogP contribution in [0, 0.1) is 0 Å². The Kier molecular flexibility index (Phi) is 8.24. The predicted octanol–water partition coefficient (Wildman–Crippen LogP) is -0.602. The third-order valence-electron chi connectivity index (χ3n) is 0.241. The van der Waals surface area contributed by atoms with Crippen molar-refractivity contribution in [3.63, 3.8) is 0 Å². The maximum absolute atomic E-state index is 3.44. The van der Waals surface area contributed by atoms with Crippen LogP contribution in [-0.4, -0.2) is 46.8 Å². The summed E-state index contributed by atoms with van der Waals surface area (Å²) in [6.45, 7) is 0. The summed E-state index contributed by atoms with van der Waals surface area (Å²) in [4.78, 5) is 2.53. The second-order valence-electron chi connectivity index (χ2n) is 0.599. The zero-order chi connectivity index (χ0) is 4.83. The van der Waals surface area contributed by atoms with Gasteiger partial charge in [0.1, 0.15) is 0 Å². The molecule has 0 bridgehead atoms. The Balaban J connectivity index is 2.73. The van der Waals surface area contributed by atoms with Crippen molar-refractivity contribution in [2.75, 3.05) is 0 Å². The van der Waals surface area contributed by atoms with Crippen LogP contribution in [-0.2, 0) is 0 Å². The first kappa shape index (κ1) is 7.55. The van der Waals surface area contributed by atoms with Gasteiger partial charge in [-0.3, -0.25) is 0 Å². The third-order valence-corrected chi connectivity index (χ3v) is 14.2. The molecule has 0 nitrogen and oxygen atoms in total. The van der Waals surface area contributed by atoms with E-state index in [2.05, 4.69) is 20.5 Å². The molecule has 0 fully saturated rings. The summed E-state index contributed by atoms with van der Waals surface area (Å²) in [6.07, 6.45) is 0. The molecule has 0 unspecified atom stereocenters. The van der Waals surface area contributed by atoms with Crippen molar-refractivity contribution in [3.8, 4) is 0 Å². The van der Waals surface area contributed by atoms with Gasteiger partial charge in [0.15, 0.2) is 0 Å². The minimum absolute atomic E-state index is 0.703. The Labute approximate surface area is 56.3 Å². The van der Waals surface area contributed by atoms with Crippen molar-refractivity contribution in [1.82, 2.24) is 0 Å². The molecule has 0 heterocycles. The molecule has 6 heavy (non-hydrogen) atoms. The SMILES string of the molecule is [Si]C[As]=[As]C[Si]. The fourth-order valence-corrected chi connectivity index (χ4v) is 8.10. The van der Waals surface area contributed by atoms with Gasteiger partial charge in [0.2, 0.25) is 0 Å². The molecule has 0 aromatic rings. The molecule has 0 saturated carbocycles. The van der Waals surface area contributed by atoms with Gasteiger partial charge in [0.25, 0.3) is 0 Å². The van der Waals surface area contributed by atoms with Crippen molar-refractivity contribution in [2.45, 2.75) is 9.66 Å². The molecule has 0 aliphatic carbocycles. The van der Waals surface area contributed by atoms with E-state index in [0.717, 1.165) is 0 Å². The Morgan fingerprint density at radius 2 is 1.33 bits per heavy atom. The fraction of sp³-hybridized carbons (Fsp3) is 1.00. The van der Waals surface area contributed by atoms with Crippen LogP contribution < -0.4 is 0 Å². The monoisotopic (exact) mass is 234 g/mol. The van der Waals surface area contributed by atoms with E-state index in [1.54, 1.807) is 0 Å². The van der Waals surface area contributed by atoms with Crippen LogP contribution in [0.4, 0.5) is 0 Å². The second-order valence-corrected chi connectivity index (χ2v) is 12.6. The van der Waals surface area contributed by atoms with Crippen LogP contribution in [0.3, 0.4) is 0 Å². The van der Waals surface area contributed by atoms with E-state index >= 15 is 0 Å². The van der Waals surface area contributed by atoms with Crippen LogP contribution in [0.25, 0.3) is 0 Å². The van der Waals surface area contributed by atoms with Gasteiger partial charge in [0.05, 0.1) is 0 Å². The molecule has 4 heteroatoms. The van der Waals surface area contributed by atoms with Crippen molar-refractivity contribution < 1.29 is 0 Å². The van der Waals surface area contributed by atoms with E-state index in [4.69, 9.17) is 0 Å².